The van der Waals surface area contributed by atoms with E-state index >= 15 is 0 Å². The number of benzene rings is 1. The van der Waals surface area contributed by atoms with Crippen LogP contribution in [0.5, 0.6) is 23.1 Å². The number of pyridine rings is 1. The molecule has 2 N–H and O–H groups in total. The molecule has 1 aromatic carbocycles. The second kappa shape index (κ2) is 8.79. The molecule has 1 atom stereocenters. The highest BCUT2D eigenvalue weighted by molar-refractivity contribution is 7.32. The summed E-state index contributed by atoms with van der Waals surface area (Å²) in [5.41, 5.74) is 0.624. The van der Waals surface area contributed by atoms with Gasteiger partial charge in [-0.05, 0) is 24.1 Å². The van der Waals surface area contributed by atoms with Crippen LogP contribution in [0.4, 0.5) is 4.39 Å². The first-order chi connectivity index (χ1) is 12.2. The molecule has 2 rings (SSSR count). The van der Waals surface area contributed by atoms with Crippen molar-refractivity contribution >= 4 is 31.5 Å². The SMILES string of the molecule is CC(C)c1cc(Oc2c(Cl)nc(OCO[P+](=O)O)c(F)c2Cl)ccc1O. The first kappa shape index (κ1) is 20.6. The van der Waals surface area contributed by atoms with Gasteiger partial charge in [0, 0.05) is 10.1 Å². The first-order valence-corrected chi connectivity index (χ1v) is 9.06. The molecule has 0 aliphatic rings. The normalized spacial score (nSPS) is 11.6. The molecule has 1 heterocycles. The molecule has 2 aromatic rings. The lowest BCUT2D eigenvalue weighted by atomic mass is 10.0. The van der Waals surface area contributed by atoms with Crippen molar-refractivity contribution in [2.75, 3.05) is 6.79 Å². The van der Waals surface area contributed by atoms with E-state index in [0.717, 1.165) is 0 Å². The van der Waals surface area contributed by atoms with E-state index < -0.39 is 31.8 Å². The molecule has 0 fully saturated rings. The summed E-state index contributed by atoms with van der Waals surface area (Å²) in [5, 5.41) is 9.05. The molecule has 11 heteroatoms. The summed E-state index contributed by atoms with van der Waals surface area (Å²) in [6, 6.07) is 4.46. The Morgan fingerprint density at radius 3 is 2.65 bits per heavy atom. The molecule has 1 aromatic heterocycles. The minimum atomic E-state index is -2.91. The number of nitrogens with zero attached hydrogens (tertiary/aromatic N) is 1. The van der Waals surface area contributed by atoms with Crippen molar-refractivity contribution in [1.29, 1.82) is 0 Å². The van der Waals surface area contributed by atoms with Crippen molar-refractivity contribution in [3.63, 3.8) is 0 Å². The van der Waals surface area contributed by atoms with E-state index in [0.29, 0.717) is 5.56 Å². The Hall–Kier alpha value is -1.70. The Morgan fingerprint density at radius 2 is 2.04 bits per heavy atom. The Labute approximate surface area is 159 Å². The van der Waals surface area contributed by atoms with Gasteiger partial charge in [0.2, 0.25) is 12.6 Å². The molecule has 26 heavy (non-hydrogen) atoms. The van der Waals surface area contributed by atoms with Crippen LogP contribution in [0.2, 0.25) is 10.2 Å². The second-order valence-electron chi connectivity index (χ2n) is 5.27. The molecule has 0 amide bonds. The van der Waals surface area contributed by atoms with E-state index in [9.17, 15) is 14.1 Å². The van der Waals surface area contributed by atoms with Crippen LogP contribution >= 0.6 is 31.5 Å². The van der Waals surface area contributed by atoms with Gasteiger partial charge < -0.3 is 14.6 Å². The molecule has 0 bridgehead atoms. The van der Waals surface area contributed by atoms with Crippen LogP contribution in [-0.2, 0) is 9.09 Å². The molecule has 0 radical (unpaired) electrons. The number of aromatic nitrogens is 1. The van der Waals surface area contributed by atoms with Gasteiger partial charge in [-0.25, -0.2) is 0 Å². The fourth-order valence-electron chi connectivity index (χ4n) is 1.96. The molecular weight excluding hydrogens is 411 g/mol. The Balaban J connectivity index is 2.29. The van der Waals surface area contributed by atoms with Crippen LogP contribution in [0.3, 0.4) is 0 Å². The molecule has 7 nitrogen and oxygen atoms in total. The van der Waals surface area contributed by atoms with Gasteiger partial charge in [0.25, 0.3) is 5.88 Å². The first-order valence-electron chi connectivity index (χ1n) is 7.17. The van der Waals surface area contributed by atoms with Gasteiger partial charge in [0.15, 0.2) is 10.9 Å². The average Bonchev–Trinajstić information content (AvgIpc) is 2.57. The highest BCUT2D eigenvalue weighted by Crippen LogP contribution is 2.41. The summed E-state index contributed by atoms with van der Waals surface area (Å²) in [7, 11) is -2.91. The molecule has 0 aliphatic carbocycles. The molecule has 140 valence electrons. The Morgan fingerprint density at radius 1 is 1.35 bits per heavy atom. The number of hydrogen-bond donors (Lipinski definition) is 2. The lowest BCUT2D eigenvalue weighted by Gasteiger charge is -2.14. The van der Waals surface area contributed by atoms with E-state index in [1.54, 1.807) is 6.07 Å². The van der Waals surface area contributed by atoms with Crippen molar-refractivity contribution in [1.82, 2.24) is 4.98 Å². The minimum Gasteiger partial charge on any atom is -0.508 e. The topological polar surface area (TPSA) is 98.1 Å². The predicted molar refractivity (Wildman–Crippen MR) is 92.9 cm³/mol. The monoisotopic (exact) mass is 424 g/mol. The van der Waals surface area contributed by atoms with Crippen molar-refractivity contribution in [2.24, 2.45) is 0 Å². The summed E-state index contributed by atoms with van der Waals surface area (Å²) < 4.78 is 39.2. The number of phenolic OH excluding ortho intramolecular Hbond substituents is 1. The summed E-state index contributed by atoms with van der Waals surface area (Å²) >= 11 is 11.9. The van der Waals surface area contributed by atoms with Crippen LogP contribution in [0.25, 0.3) is 0 Å². The van der Waals surface area contributed by atoms with Gasteiger partial charge >= 0.3 is 8.25 Å². The van der Waals surface area contributed by atoms with E-state index in [1.807, 2.05) is 13.8 Å². The van der Waals surface area contributed by atoms with Crippen molar-refractivity contribution in [3.8, 4) is 23.1 Å². The lowest BCUT2D eigenvalue weighted by molar-refractivity contribution is 0.106. The smallest absolute Gasteiger partial charge is 0.508 e. The maximum Gasteiger partial charge on any atom is 0.698 e. The van der Waals surface area contributed by atoms with Gasteiger partial charge in [0.1, 0.15) is 16.5 Å². The third-order valence-electron chi connectivity index (χ3n) is 3.17. The number of phenols is 1. The highest BCUT2D eigenvalue weighted by atomic mass is 35.5. The molecule has 1 unspecified atom stereocenters. The predicted octanol–water partition coefficient (Wildman–Crippen LogP) is 5.15. The van der Waals surface area contributed by atoms with Crippen molar-refractivity contribution in [2.45, 2.75) is 19.8 Å². The number of hydrogen-bond acceptors (Lipinski definition) is 6. The average molecular weight is 425 g/mol. The number of aromatic hydroxyl groups is 1. The molecule has 0 spiro atoms. The van der Waals surface area contributed by atoms with Crippen LogP contribution in [0.15, 0.2) is 18.2 Å². The van der Waals surface area contributed by atoms with Crippen molar-refractivity contribution < 1.29 is 33.0 Å². The third-order valence-corrected chi connectivity index (χ3v) is 4.09. The van der Waals surface area contributed by atoms with Gasteiger partial charge in [-0.3, -0.25) is 0 Å². The fourth-order valence-corrected chi connectivity index (χ4v) is 2.57. The maximum absolute atomic E-state index is 14.3. The Kier molecular flexibility index (Phi) is 6.97. The minimum absolute atomic E-state index is 0.0214. The zero-order valence-corrected chi connectivity index (χ0v) is 16.0. The zero-order valence-electron chi connectivity index (χ0n) is 13.6. The molecule has 0 saturated heterocycles. The van der Waals surface area contributed by atoms with Crippen LogP contribution < -0.4 is 9.47 Å². The number of ether oxygens (including phenoxy) is 2. The largest absolute Gasteiger partial charge is 0.698 e. The van der Waals surface area contributed by atoms with E-state index in [4.69, 9.17) is 37.6 Å². The summed E-state index contributed by atoms with van der Waals surface area (Å²) in [4.78, 5) is 12.2. The van der Waals surface area contributed by atoms with Crippen LogP contribution in [0.1, 0.15) is 25.3 Å². The van der Waals surface area contributed by atoms with E-state index in [2.05, 4.69) is 9.51 Å². The lowest BCUT2D eigenvalue weighted by Crippen LogP contribution is -2.04. The quantitative estimate of drug-likeness (QED) is 0.360. The standard InChI is InChI=1S/C15H13Cl2FNO6P/c1-7(2)9-5-8(3-4-10(9)20)25-13-11(16)12(18)15(19-14(13)17)23-6-24-26(21)22/h3-5,7H,6H2,1-2H3,(H-,20,21,22)/p+1. The third kappa shape index (κ3) is 4.93. The summed E-state index contributed by atoms with van der Waals surface area (Å²) in [6.07, 6.45) is 0. The summed E-state index contributed by atoms with van der Waals surface area (Å²) in [6.45, 7) is 3.04. The molecular formula is C15H14Cl2FNO6P+. The molecule has 0 aliphatic heterocycles. The van der Waals surface area contributed by atoms with Crippen molar-refractivity contribution in [3.05, 3.63) is 39.8 Å². The summed E-state index contributed by atoms with van der Waals surface area (Å²) in [5.74, 6) is -1.55. The second-order valence-corrected chi connectivity index (χ2v) is 6.74. The molecule has 0 saturated carbocycles. The fraction of sp³-hybridized carbons (Fsp3) is 0.267. The highest BCUT2D eigenvalue weighted by Gasteiger charge is 2.23. The van der Waals surface area contributed by atoms with Gasteiger partial charge in [-0.15, -0.1) is 4.89 Å². The maximum atomic E-state index is 14.3. The van der Waals surface area contributed by atoms with Gasteiger partial charge in [0.05, 0.1) is 0 Å². The van der Waals surface area contributed by atoms with Crippen LogP contribution in [-0.4, -0.2) is 21.8 Å². The Bertz CT molecular complexity index is 836. The van der Waals surface area contributed by atoms with E-state index in [-0.39, 0.29) is 28.3 Å². The van der Waals surface area contributed by atoms with Crippen LogP contribution in [0, 0.1) is 5.82 Å². The van der Waals surface area contributed by atoms with Gasteiger partial charge in [-0.2, -0.15) is 9.37 Å². The van der Waals surface area contributed by atoms with E-state index in [1.165, 1.54) is 12.1 Å². The number of halogens is 3. The number of rotatable bonds is 7. The van der Waals surface area contributed by atoms with Gasteiger partial charge in [-0.1, -0.05) is 41.6 Å². The zero-order chi connectivity index (χ0) is 19.4.